The van der Waals surface area contributed by atoms with Gasteiger partial charge in [0.05, 0.1) is 5.60 Å². The number of ether oxygens (including phenoxy) is 1. The molecule has 0 aromatic carbocycles. The van der Waals surface area contributed by atoms with Crippen LogP contribution in [0.15, 0.2) is 0 Å². The highest BCUT2D eigenvalue weighted by Gasteiger charge is 2.46. The van der Waals surface area contributed by atoms with Crippen molar-refractivity contribution in [3.05, 3.63) is 0 Å². The summed E-state index contributed by atoms with van der Waals surface area (Å²) in [6.45, 7) is 7.11. The van der Waals surface area contributed by atoms with Crippen molar-refractivity contribution < 1.29 is 4.74 Å². The number of hydrogen-bond acceptors (Lipinski definition) is 2. The van der Waals surface area contributed by atoms with Crippen LogP contribution in [0.25, 0.3) is 0 Å². The van der Waals surface area contributed by atoms with Crippen molar-refractivity contribution in [1.29, 1.82) is 0 Å². The van der Waals surface area contributed by atoms with Gasteiger partial charge in [-0.2, -0.15) is 0 Å². The van der Waals surface area contributed by atoms with Crippen molar-refractivity contribution >= 4 is 0 Å². The van der Waals surface area contributed by atoms with Crippen molar-refractivity contribution in [2.24, 2.45) is 29.6 Å². The highest BCUT2D eigenvalue weighted by Crippen LogP contribution is 2.50. The molecule has 4 atom stereocenters. The Hall–Kier alpha value is -0.0800. The number of nitrogens with one attached hydrogen (secondary N) is 1. The Bertz CT molecular complexity index is 336. The average Bonchev–Trinajstić information content (AvgIpc) is 2.46. The molecule has 0 bridgehead atoms. The zero-order chi connectivity index (χ0) is 14.9. The molecule has 3 fully saturated rings. The van der Waals surface area contributed by atoms with Gasteiger partial charge in [-0.25, -0.2) is 0 Å². The summed E-state index contributed by atoms with van der Waals surface area (Å²) in [5.74, 6) is 4.60. The molecule has 2 nitrogen and oxygen atoms in total. The van der Waals surface area contributed by atoms with Gasteiger partial charge < -0.3 is 10.1 Å². The summed E-state index contributed by atoms with van der Waals surface area (Å²) in [5.41, 5.74) is 0.317. The normalized spacial score (nSPS) is 39.4. The first kappa shape index (κ1) is 15.8. The van der Waals surface area contributed by atoms with E-state index in [1.54, 1.807) is 0 Å². The van der Waals surface area contributed by atoms with Gasteiger partial charge in [-0.3, -0.25) is 0 Å². The van der Waals surface area contributed by atoms with Gasteiger partial charge in [0, 0.05) is 6.61 Å². The van der Waals surface area contributed by atoms with Gasteiger partial charge >= 0.3 is 0 Å². The molecule has 1 N–H and O–H groups in total. The lowest BCUT2D eigenvalue weighted by Crippen LogP contribution is -2.49. The van der Waals surface area contributed by atoms with E-state index in [9.17, 15) is 0 Å². The second-order valence-corrected chi connectivity index (χ2v) is 8.44. The van der Waals surface area contributed by atoms with Crippen LogP contribution in [-0.2, 0) is 4.74 Å². The Kier molecular flexibility index (Phi) is 4.95. The molecule has 2 saturated carbocycles. The first-order chi connectivity index (χ1) is 10.1. The summed E-state index contributed by atoms with van der Waals surface area (Å²) in [6, 6.07) is 0. The second kappa shape index (κ2) is 6.58. The summed E-state index contributed by atoms with van der Waals surface area (Å²) in [4.78, 5) is 0. The van der Waals surface area contributed by atoms with E-state index in [1.807, 2.05) is 0 Å². The first-order valence-corrected chi connectivity index (χ1v) is 9.42. The molecule has 4 unspecified atom stereocenters. The van der Waals surface area contributed by atoms with Crippen molar-refractivity contribution in [1.82, 2.24) is 5.32 Å². The zero-order valence-electron chi connectivity index (χ0n) is 14.4. The molecule has 2 aliphatic carbocycles. The molecule has 3 aliphatic rings. The number of rotatable bonds is 4. The maximum atomic E-state index is 6.18. The predicted octanol–water partition coefficient (Wildman–Crippen LogP) is 4.24. The van der Waals surface area contributed by atoms with E-state index in [4.69, 9.17) is 4.74 Å². The molecule has 21 heavy (non-hydrogen) atoms. The van der Waals surface area contributed by atoms with Crippen LogP contribution in [0.4, 0.5) is 0 Å². The van der Waals surface area contributed by atoms with E-state index in [0.717, 1.165) is 36.2 Å². The highest BCUT2D eigenvalue weighted by molar-refractivity contribution is 4.97. The number of hydrogen-bond donors (Lipinski definition) is 1. The third-order valence-corrected chi connectivity index (χ3v) is 6.90. The quantitative estimate of drug-likeness (QED) is 0.837. The molecular weight excluding hydrogens is 258 g/mol. The first-order valence-electron chi connectivity index (χ1n) is 9.42. The van der Waals surface area contributed by atoms with Gasteiger partial charge in [0.15, 0.2) is 0 Å². The molecule has 122 valence electrons. The SMILES string of the molecule is CNCC1CCC(C(C)C)CC1C1CCOC2(CCC2)C1. The topological polar surface area (TPSA) is 21.3 Å². The molecule has 0 aromatic heterocycles. The monoisotopic (exact) mass is 293 g/mol. The van der Waals surface area contributed by atoms with Crippen molar-refractivity contribution in [3.8, 4) is 0 Å². The molecule has 3 rings (SSSR count). The Morgan fingerprint density at radius 1 is 1.19 bits per heavy atom. The van der Waals surface area contributed by atoms with E-state index in [1.165, 1.54) is 57.9 Å². The third-order valence-electron chi connectivity index (χ3n) is 6.90. The fourth-order valence-corrected chi connectivity index (χ4v) is 5.35. The minimum absolute atomic E-state index is 0.317. The molecule has 1 saturated heterocycles. The van der Waals surface area contributed by atoms with Crippen LogP contribution in [0.1, 0.15) is 65.2 Å². The Labute approximate surface area is 131 Å². The van der Waals surface area contributed by atoms with Crippen LogP contribution in [-0.4, -0.2) is 25.8 Å². The Balaban J connectivity index is 1.68. The van der Waals surface area contributed by atoms with Gasteiger partial charge in [0.25, 0.3) is 0 Å². The van der Waals surface area contributed by atoms with Crippen LogP contribution < -0.4 is 5.32 Å². The predicted molar refractivity (Wildman–Crippen MR) is 88.3 cm³/mol. The van der Waals surface area contributed by atoms with E-state index >= 15 is 0 Å². The molecule has 0 amide bonds. The smallest absolute Gasteiger partial charge is 0.0685 e. The zero-order valence-corrected chi connectivity index (χ0v) is 14.4. The van der Waals surface area contributed by atoms with Crippen LogP contribution in [0.2, 0.25) is 0 Å². The Morgan fingerprint density at radius 2 is 2.00 bits per heavy atom. The maximum absolute atomic E-state index is 6.18. The third kappa shape index (κ3) is 3.32. The van der Waals surface area contributed by atoms with Crippen LogP contribution in [0, 0.1) is 29.6 Å². The summed E-state index contributed by atoms with van der Waals surface area (Å²) in [5, 5.41) is 3.47. The molecule has 1 aliphatic heterocycles. The van der Waals surface area contributed by atoms with Crippen molar-refractivity contribution in [2.45, 2.75) is 70.8 Å². The average molecular weight is 293 g/mol. The standard InChI is InChI=1S/C19H35NO/c1-14(2)15-5-6-17(13-20-3)18(11-15)16-7-10-21-19(12-16)8-4-9-19/h14-18,20H,4-13H2,1-3H3. The summed E-state index contributed by atoms with van der Waals surface area (Å²) in [6.07, 6.45) is 11.1. The molecule has 0 radical (unpaired) electrons. The lowest BCUT2D eigenvalue weighted by molar-refractivity contribution is -0.156. The molecule has 0 aromatic rings. The Morgan fingerprint density at radius 3 is 2.62 bits per heavy atom. The molecule has 1 spiro atoms. The van der Waals surface area contributed by atoms with Gasteiger partial charge in [-0.15, -0.1) is 0 Å². The van der Waals surface area contributed by atoms with Gasteiger partial charge in [-0.05, 0) is 94.5 Å². The summed E-state index contributed by atoms with van der Waals surface area (Å²) in [7, 11) is 2.13. The van der Waals surface area contributed by atoms with Crippen LogP contribution in [0.5, 0.6) is 0 Å². The van der Waals surface area contributed by atoms with Crippen molar-refractivity contribution in [3.63, 3.8) is 0 Å². The second-order valence-electron chi connectivity index (χ2n) is 8.44. The van der Waals surface area contributed by atoms with Crippen molar-refractivity contribution in [2.75, 3.05) is 20.2 Å². The van der Waals surface area contributed by atoms with Crippen LogP contribution >= 0.6 is 0 Å². The van der Waals surface area contributed by atoms with E-state index < -0.39 is 0 Å². The fourth-order valence-electron chi connectivity index (χ4n) is 5.35. The minimum atomic E-state index is 0.317. The summed E-state index contributed by atoms with van der Waals surface area (Å²) >= 11 is 0. The fraction of sp³-hybridized carbons (Fsp3) is 1.00. The van der Waals surface area contributed by atoms with Gasteiger partial charge in [-0.1, -0.05) is 13.8 Å². The minimum Gasteiger partial charge on any atom is -0.375 e. The highest BCUT2D eigenvalue weighted by atomic mass is 16.5. The largest absolute Gasteiger partial charge is 0.375 e. The van der Waals surface area contributed by atoms with E-state index in [-0.39, 0.29) is 0 Å². The maximum Gasteiger partial charge on any atom is 0.0685 e. The molecule has 1 heterocycles. The molecule has 2 heteroatoms. The van der Waals surface area contributed by atoms with Gasteiger partial charge in [0.2, 0.25) is 0 Å². The van der Waals surface area contributed by atoms with Gasteiger partial charge in [0.1, 0.15) is 0 Å². The lowest BCUT2D eigenvalue weighted by atomic mass is 9.61. The molecular formula is C19H35NO. The van der Waals surface area contributed by atoms with E-state index in [2.05, 4.69) is 26.2 Å². The summed E-state index contributed by atoms with van der Waals surface area (Å²) < 4.78 is 6.18. The van der Waals surface area contributed by atoms with Crippen LogP contribution in [0.3, 0.4) is 0 Å². The van der Waals surface area contributed by atoms with E-state index in [0.29, 0.717) is 5.60 Å². The lowest BCUT2D eigenvalue weighted by Gasteiger charge is -2.51.